The predicted octanol–water partition coefficient (Wildman–Crippen LogP) is 0.305. The largest absolute Gasteiger partial charge is 0.594 e. The minimum atomic E-state index is 0.328. The summed E-state index contributed by atoms with van der Waals surface area (Å²) in [5.41, 5.74) is 1.11. The normalized spacial score (nSPS) is 10.2. The van der Waals surface area contributed by atoms with Crippen LogP contribution in [0.1, 0.15) is 0 Å². The summed E-state index contributed by atoms with van der Waals surface area (Å²) in [7, 11) is 1.67. The summed E-state index contributed by atoms with van der Waals surface area (Å²) in [6, 6.07) is 7.06. The third-order valence-corrected chi connectivity index (χ3v) is 1.72. The Morgan fingerprint density at radius 2 is 2.15 bits per heavy atom. The summed E-state index contributed by atoms with van der Waals surface area (Å²) in [5, 5.41) is 17.7. The van der Waals surface area contributed by atoms with E-state index in [2.05, 4.69) is 15.4 Å². The number of nitrogens with one attached hydrogen (secondary N) is 1. The fraction of sp³-hybridized carbons (Fsp3) is 0.125. The highest BCUT2D eigenvalue weighted by molar-refractivity contribution is 5.71. The molecule has 1 aromatic heterocycles. The summed E-state index contributed by atoms with van der Waals surface area (Å²) in [5.74, 6) is 0.328. The molecule has 5 nitrogen and oxygen atoms in total. The molecule has 1 heterocycles. The van der Waals surface area contributed by atoms with Crippen molar-refractivity contribution < 1.29 is 4.85 Å². The van der Waals surface area contributed by atoms with Crippen molar-refractivity contribution in [2.75, 3.05) is 12.4 Å². The summed E-state index contributed by atoms with van der Waals surface area (Å²) in [4.78, 5) is 4.68. The van der Waals surface area contributed by atoms with E-state index in [9.17, 15) is 5.21 Å². The second-order valence-corrected chi connectivity index (χ2v) is 2.55. The van der Waals surface area contributed by atoms with Crippen LogP contribution in [0.4, 0.5) is 5.95 Å². The van der Waals surface area contributed by atoms with E-state index in [1.807, 2.05) is 6.07 Å². The number of rotatable bonds is 1. The van der Waals surface area contributed by atoms with Crippen molar-refractivity contribution in [1.82, 2.24) is 10.1 Å². The van der Waals surface area contributed by atoms with Crippen LogP contribution in [-0.4, -0.2) is 17.1 Å². The zero-order valence-corrected chi connectivity index (χ0v) is 7.06. The fourth-order valence-electron chi connectivity index (χ4n) is 1.10. The van der Waals surface area contributed by atoms with Gasteiger partial charge in [0.05, 0.1) is 5.10 Å². The van der Waals surface area contributed by atoms with Gasteiger partial charge < -0.3 is 10.5 Å². The highest BCUT2D eigenvalue weighted by atomic mass is 16.5. The van der Waals surface area contributed by atoms with E-state index < -0.39 is 0 Å². The molecule has 2 aromatic rings. The molecule has 0 bridgehead atoms. The Kier molecular flexibility index (Phi) is 1.70. The number of nitrogens with zero attached hydrogens (tertiary/aromatic N) is 3. The highest BCUT2D eigenvalue weighted by Gasteiger charge is 2.07. The maximum atomic E-state index is 11.3. The van der Waals surface area contributed by atoms with E-state index in [1.165, 1.54) is 0 Å². The second kappa shape index (κ2) is 2.85. The van der Waals surface area contributed by atoms with Gasteiger partial charge in [0.25, 0.3) is 11.5 Å². The fourth-order valence-corrected chi connectivity index (χ4v) is 1.10. The van der Waals surface area contributed by atoms with Gasteiger partial charge in [-0.2, -0.15) is 0 Å². The van der Waals surface area contributed by atoms with Crippen LogP contribution < -0.4 is 10.2 Å². The van der Waals surface area contributed by atoms with Crippen molar-refractivity contribution in [3.63, 3.8) is 0 Å². The first kappa shape index (κ1) is 7.72. The number of hydrogen-bond donors (Lipinski definition) is 1. The lowest BCUT2D eigenvalue weighted by atomic mass is 10.3. The van der Waals surface area contributed by atoms with Crippen molar-refractivity contribution >= 4 is 17.0 Å². The molecule has 0 aliphatic heterocycles. The summed E-state index contributed by atoms with van der Waals surface area (Å²) >= 11 is 0. The number of fused-ring (bicyclic) bond motifs is 1. The Balaban J connectivity index is 2.77. The highest BCUT2D eigenvalue weighted by Crippen LogP contribution is 2.06. The molecule has 2 rings (SSSR count). The second-order valence-electron chi connectivity index (χ2n) is 2.55. The molecule has 1 aromatic carbocycles. The van der Waals surface area contributed by atoms with Crippen molar-refractivity contribution in [3.8, 4) is 0 Å². The molecule has 0 saturated heterocycles. The molecule has 0 atom stereocenters. The van der Waals surface area contributed by atoms with Crippen LogP contribution in [0.2, 0.25) is 0 Å². The van der Waals surface area contributed by atoms with Crippen molar-refractivity contribution in [3.05, 3.63) is 29.5 Å². The quantitative estimate of drug-likeness (QED) is 0.501. The monoisotopic (exact) mass is 176 g/mol. The topological polar surface area (TPSA) is 64.8 Å². The van der Waals surface area contributed by atoms with E-state index in [0.717, 1.165) is 0 Å². The lowest BCUT2D eigenvalue weighted by molar-refractivity contribution is -0.641. The minimum Gasteiger partial charge on any atom is -0.594 e. The van der Waals surface area contributed by atoms with E-state index in [1.54, 1.807) is 25.2 Å². The van der Waals surface area contributed by atoms with Gasteiger partial charge in [-0.05, 0) is 10.9 Å². The van der Waals surface area contributed by atoms with Crippen LogP contribution in [0.15, 0.2) is 24.3 Å². The molecule has 0 radical (unpaired) electrons. The smallest absolute Gasteiger partial charge is 0.290 e. The third-order valence-electron chi connectivity index (χ3n) is 1.72. The summed E-state index contributed by atoms with van der Waals surface area (Å²) in [6.07, 6.45) is 0. The third kappa shape index (κ3) is 1.24. The van der Waals surface area contributed by atoms with Gasteiger partial charge in [0.2, 0.25) is 0 Å². The summed E-state index contributed by atoms with van der Waals surface area (Å²) < 4.78 is 0. The van der Waals surface area contributed by atoms with Gasteiger partial charge in [-0.1, -0.05) is 12.1 Å². The predicted molar refractivity (Wildman–Crippen MR) is 48.0 cm³/mol. The van der Waals surface area contributed by atoms with Crippen LogP contribution in [0.25, 0.3) is 11.0 Å². The van der Waals surface area contributed by atoms with E-state index in [0.29, 0.717) is 21.8 Å². The summed E-state index contributed by atoms with van der Waals surface area (Å²) in [6.45, 7) is 0. The van der Waals surface area contributed by atoms with Gasteiger partial charge in [-0.3, -0.25) is 0 Å². The molecule has 0 spiro atoms. The standard InChI is InChI=1S/C8H8N4O/c1-9-8-10-6-4-2-3-5-7(6)12(13)11-8/h2-5H,1H3,(H,9,10,11). The van der Waals surface area contributed by atoms with Gasteiger partial charge in [0.1, 0.15) is 5.52 Å². The van der Waals surface area contributed by atoms with Crippen molar-refractivity contribution in [1.29, 1.82) is 0 Å². The van der Waals surface area contributed by atoms with Crippen molar-refractivity contribution in [2.45, 2.75) is 0 Å². The molecule has 0 amide bonds. The number of hydrogen-bond acceptors (Lipinski definition) is 4. The van der Waals surface area contributed by atoms with E-state index >= 15 is 0 Å². The number of aromatic nitrogens is 3. The zero-order chi connectivity index (χ0) is 9.26. The maximum absolute atomic E-state index is 11.3. The molecular weight excluding hydrogens is 168 g/mol. The maximum Gasteiger partial charge on any atom is 0.290 e. The Bertz CT molecular complexity index is 443. The van der Waals surface area contributed by atoms with Crippen LogP contribution >= 0.6 is 0 Å². The molecular formula is C8H8N4O. The first-order valence-electron chi connectivity index (χ1n) is 3.85. The van der Waals surface area contributed by atoms with Crippen LogP contribution in [0.5, 0.6) is 0 Å². The van der Waals surface area contributed by atoms with Gasteiger partial charge in [-0.25, -0.2) is 4.98 Å². The number of anilines is 1. The number of benzene rings is 1. The SMILES string of the molecule is CNc1nc2ccccc2[n+]([O-])n1. The molecule has 1 N–H and O–H groups in total. The first-order chi connectivity index (χ1) is 6.31. The van der Waals surface area contributed by atoms with Gasteiger partial charge in [0, 0.05) is 13.1 Å². The van der Waals surface area contributed by atoms with E-state index in [4.69, 9.17) is 0 Å². The molecule has 0 unspecified atom stereocenters. The molecule has 5 heteroatoms. The van der Waals surface area contributed by atoms with Crippen LogP contribution in [0.3, 0.4) is 0 Å². The number of para-hydroxylation sites is 2. The minimum absolute atomic E-state index is 0.328. The Morgan fingerprint density at radius 3 is 2.92 bits per heavy atom. The lowest BCUT2D eigenvalue weighted by Crippen LogP contribution is -2.33. The molecule has 0 aliphatic rings. The average Bonchev–Trinajstić information content (AvgIpc) is 2.18. The first-order valence-corrected chi connectivity index (χ1v) is 3.85. The van der Waals surface area contributed by atoms with Crippen molar-refractivity contribution in [2.24, 2.45) is 0 Å². The van der Waals surface area contributed by atoms with Gasteiger partial charge >= 0.3 is 0 Å². The van der Waals surface area contributed by atoms with E-state index in [-0.39, 0.29) is 0 Å². The molecule has 13 heavy (non-hydrogen) atoms. The molecule has 66 valence electrons. The molecule has 0 fully saturated rings. The Labute approximate surface area is 74.6 Å². The molecule has 0 aliphatic carbocycles. The Morgan fingerprint density at radius 1 is 1.38 bits per heavy atom. The lowest BCUT2D eigenvalue weighted by Gasteiger charge is -2.00. The van der Waals surface area contributed by atoms with Gasteiger partial charge in [-0.15, -0.1) is 0 Å². The average molecular weight is 176 g/mol. The van der Waals surface area contributed by atoms with Crippen LogP contribution in [-0.2, 0) is 0 Å². The molecule has 0 saturated carbocycles. The van der Waals surface area contributed by atoms with Gasteiger partial charge in [0.15, 0.2) is 0 Å². The Hall–Kier alpha value is -1.91. The van der Waals surface area contributed by atoms with Crippen LogP contribution in [0, 0.1) is 5.21 Å². The zero-order valence-electron chi connectivity index (χ0n) is 7.06.